The Labute approximate surface area is 149 Å². The molecule has 3 rings (SSSR count). The van der Waals surface area contributed by atoms with Gasteiger partial charge in [-0.2, -0.15) is 5.10 Å². The van der Waals surface area contributed by atoms with Gasteiger partial charge >= 0.3 is 5.97 Å². The minimum atomic E-state index is -1.02. The molecule has 0 saturated carbocycles. The zero-order valence-corrected chi connectivity index (χ0v) is 15.1. The van der Waals surface area contributed by atoms with Crippen molar-refractivity contribution in [2.75, 3.05) is 0 Å². The zero-order chi connectivity index (χ0) is 18.1. The van der Waals surface area contributed by atoms with Crippen molar-refractivity contribution >= 4 is 33.4 Å². The van der Waals surface area contributed by atoms with Crippen LogP contribution >= 0.6 is 11.3 Å². The molecule has 1 amide bonds. The number of carbonyl (C=O) groups excluding carboxylic acids is 1. The van der Waals surface area contributed by atoms with Crippen LogP contribution in [0.3, 0.4) is 0 Å². The van der Waals surface area contributed by atoms with Crippen LogP contribution in [0, 0.1) is 6.92 Å². The summed E-state index contributed by atoms with van der Waals surface area (Å²) >= 11 is 1.34. The molecule has 6 nitrogen and oxygen atoms in total. The number of carboxylic acids is 1. The fraction of sp³-hybridized carbons (Fsp3) is 0.278. The van der Waals surface area contributed by atoms with Gasteiger partial charge in [-0.05, 0) is 25.5 Å². The van der Waals surface area contributed by atoms with Gasteiger partial charge in [-0.3, -0.25) is 9.48 Å². The highest BCUT2D eigenvalue weighted by atomic mass is 32.1. The van der Waals surface area contributed by atoms with Crippen LogP contribution in [0.25, 0.3) is 10.2 Å². The maximum Gasteiger partial charge on any atom is 0.326 e. The number of aromatic nitrogens is 2. The third kappa shape index (κ3) is 3.28. The maximum atomic E-state index is 13.0. The van der Waals surface area contributed by atoms with Crippen LogP contribution in [0.2, 0.25) is 0 Å². The Bertz CT molecular complexity index is 895. The predicted molar refractivity (Wildman–Crippen MR) is 96.7 cm³/mol. The standard InChI is InChI=1S/C18H19N3O3S/c1-11-14-9-15(25-17(14)20(3)19-11)16(22)21(12(2)18(23)24)10-13-7-5-4-6-8-13/h4-9,12H,10H2,1-3H3,(H,23,24). The van der Waals surface area contributed by atoms with Gasteiger partial charge in [0.1, 0.15) is 10.9 Å². The Morgan fingerprint density at radius 3 is 2.60 bits per heavy atom. The van der Waals surface area contributed by atoms with E-state index in [0.29, 0.717) is 4.88 Å². The molecule has 0 saturated heterocycles. The van der Waals surface area contributed by atoms with Gasteiger partial charge in [0.05, 0.1) is 10.6 Å². The van der Waals surface area contributed by atoms with E-state index in [1.54, 1.807) is 10.7 Å². The molecule has 0 aliphatic carbocycles. The molecule has 2 aromatic heterocycles. The minimum absolute atomic E-state index is 0.249. The fourth-order valence-electron chi connectivity index (χ4n) is 2.75. The SMILES string of the molecule is Cc1nn(C)c2sc(C(=O)N(Cc3ccccc3)C(C)C(=O)O)cc12. The average Bonchev–Trinajstić information content (AvgIpc) is 3.14. The summed E-state index contributed by atoms with van der Waals surface area (Å²) in [6.45, 7) is 3.67. The monoisotopic (exact) mass is 357 g/mol. The van der Waals surface area contributed by atoms with Gasteiger partial charge in [-0.25, -0.2) is 4.79 Å². The molecular formula is C18H19N3O3S. The van der Waals surface area contributed by atoms with Gasteiger partial charge in [-0.15, -0.1) is 11.3 Å². The van der Waals surface area contributed by atoms with Crippen LogP contribution in [0.1, 0.15) is 27.9 Å². The van der Waals surface area contributed by atoms with E-state index in [0.717, 1.165) is 21.5 Å². The zero-order valence-electron chi connectivity index (χ0n) is 14.3. The van der Waals surface area contributed by atoms with Crippen molar-refractivity contribution in [1.29, 1.82) is 0 Å². The van der Waals surface area contributed by atoms with E-state index in [9.17, 15) is 14.7 Å². The first-order valence-electron chi connectivity index (χ1n) is 7.89. The molecule has 1 aromatic carbocycles. The van der Waals surface area contributed by atoms with Crippen molar-refractivity contribution in [3.05, 3.63) is 52.5 Å². The number of aliphatic carboxylic acids is 1. The maximum absolute atomic E-state index is 13.0. The lowest BCUT2D eigenvalue weighted by atomic mass is 10.1. The van der Waals surface area contributed by atoms with Crippen LogP contribution in [-0.4, -0.2) is 37.7 Å². The minimum Gasteiger partial charge on any atom is -0.480 e. The molecular weight excluding hydrogens is 338 g/mol. The summed E-state index contributed by atoms with van der Waals surface area (Å²) in [4.78, 5) is 27.3. The Balaban J connectivity index is 1.97. The number of benzene rings is 1. The van der Waals surface area contributed by atoms with Crippen molar-refractivity contribution in [3.63, 3.8) is 0 Å². The molecule has 1 N–H and O–H groups in total. The molecule has 0 aliphatic heterocycles. The van der Waals surface area contributed by atoms with Crippen LogP contribution < -0.4 is 0 Å². The smallest absolute Gasteiger partial charge is 0.326 e. The highest BCUT2D eigenvalue weighted by Gasteiger charge is 2.28. The molecule has 130 valence electrons. The molecule has 7 heteroatoms. The van der Waals surface area contributed by atoms with Gasteiger partial charge in [0, 0.05) is 19.0 Å². The molecule has 0 bridgehead atoms. The Hall–Kier alpha value is -2.67. The van der Waals surface area contributed by atoms with Crippen molar-refractivity contribution in [2.45, 2.75) is 26.4 Å². The van der Waals surface area contributed by atoms with Gasteiger partial charge in [-0.1, -0.05) is 30.3 Å². The summed E-state index contributed by atoms with van der Waals surface area (Å²) in [6, 6.07) is 10.3. The van der Waals surface area contributed by atoms with E-state index >= 15 is 0 Å². The van der Waals surface area contributed by atoms with E-state index in [1.165, 1.54) is 23.2 Å². The molecule has 0 radical (unpaired) electrons. The van der Waals surface area contributed by atoms with Crippen LogP contribution in [0.5, 0.6) is 0 Å². The summed E-state index contributed by atoms with van der Waals surface area (Å²) in [5.41, 5.74) is 1.75. The molecule has 1 unspecified atom stereocenters. The third-order valence-corrected chi connectivity index (χ3v) is 5.38. The lowest BCUT2D eigenvalue weighted by molar-refractivity contribution is -0.141. The summed E-state index contributed by atoms with van der Waals surface area (Å²) in [6.07, 6.45) is 0. The Kier molecular flexibility index (Phi) is 4.59. The largest absolute Gasteiger partial charge is 0.480 e. The van der Waals surface area contributed by atoms with Gasteiger partial charge in [0.25, 0.3) is 5.91 Å². The summed E-state index contributed by atoms with van der Waals surface area (Å²) < 4.78 is 1.74. The predicted octanol–water partition coefficient (Wildman–Crippen LogP) is 3.06. The molecule has 0 spiro atoms. The van der Waals surface area contributed by atoms with E-state index in [1.807, 2.05) is 44.3 Å². The molecule has 3 aromatic rings. The van der Waals surface area contributed by atoms with Gasteiger partial charge < -0.3 is 10.0 Å². The normalized spacial score (nSPS) is 12.3. The van der Waals surface area contributed by atoms with E-state index in [4.69, 9.17) is 0 Å². The number of thiophene rings is 1. The number of carboxylic acid groups (broad SMARTS) is 1. The lowest BCUT2D eigenvalue weighted by Crippen LogP contribution is -2.42. The number of aryl methyl sites for hydroxylation is 2. The molecule has 0 fully saturated rings. The summed E-state index contributed by atoms with van der Waals surface area (Å²) in [7, 11) is 1.84. The van der Waals surface area contributed by atoms with Gasteiger partial charge in [0.15, 0.2) is 0 Å². The number of hydrogen-bond acceptors (Lipinski definition) is 4. The van der Waals surface area contributed by atoms with Crippen molar-refractivity contribution in [2.24, 2.45) is 7.05 Å². The summed E-state index contributed by atoms with van der Waals surface area (Å²) in [5, 5.41) is 14.7. The molecule has 1 atom stereocenters. The number of hydrogen-bond donors (Lipinski definition) is 1. The Morgan fingerprint density at radius 1 is 1.32 bits per heavy atom. The summed E-state index contributed by atoms with van der Waals surface area (Å²) in [5.74, 6) is -1.30. The first-order chi connectivity index (χ1) is 11.9. The van der Waals surface area contributed by atoms with E-state index in [2.05, 4.69) is 5.10 Å². The third-order valence-electron chi connectivity index (χ3n) is 4.19. The number of nitrogens with zero attached hydrogens (tertiary/aromatic N) is 3. The molecule has 25 heavy (non-hydrogen) atoms. The molecule has 0 aliphatic rings. The van der Waals surface area contributed by atoms with Crippen LogP contribution in [-0.2, 0) is 18.4 Å². The number of carbonyl (C=O) groups is 2. The van der Waals surface area contributed by atoms with Crippen molar-refractivity contribution < 1.29 is 14.7 Å². The molecule has 2 heterocycles. The first-order valence-corrected chi connectivity index (χ1v) is 8.71. The first kappa shape index (κ1) is 17.2. The quantitative estimate of drug-likeness (QED) is 0.761. The Morgan fingerprint density at radius 2 is 2.00 bits per heavy atom. The van der Waals surface area contributed by atoms with Gasteiger partial charge in [0.2, 0.25) is 0 Å². The van der Waals surface area contributed by atoms with Crippen molar-refractivity contribution in [3.8, 4) is 0 Å². The average molecular weight is 357 g/mol. The van der Waals surface area contributed by atoms with E-state index in [-0.39, 0.29) is 12.5 Å². The second-order valence-electron chi connectivity index (χ2n) is 5.97. The van der Waals surface area contributed by atoms with Crippen LogP contribution in [0.4, 0.5) is 0 Å². The second kappa shape index (κ2) is 6.68. The van der Waals surface area contributed by atoms with Crippen LogP contribution in [0.15, 0.2) is 36.4 Å². The fourth-order valence-corrected chi connectivity index (χ4v) is 3.83. The second-order valence-corrected chi connectivity index (χ2v) is 7.00. The number of amides is 1. The van der Waals surface area contributed by atoms with E-state index < -0.39 is 12.0 Å². The highest BCUT2D eigenvalue weighted by Crippen LogP contribution is 2.29. The number of fused-ring (bicyclic) bond motifs is 1. The highest BCUT2D eigenvalue weighted by molar-refractivity contribution is 7.20. The lowest BCUT2D eigenvalue weighted by Gasteiger charge is -2.26. The van der Waals surface area contributed by atoms with Crippen molar-refractivity contribution in [1.82, 2.24) is 14.7 Å². The topological polar surface area (TPSA) is 75.4 Å². The number of rotatable bonds is 5.